The van der Waals surface area contributed by atoms with Gasteiger partial charge in [-0.2, -0.15) is 0 Å². The van der Waals surface area contributed by atoms with Crippen LogP contribution in [0, 0.1) is 6.92 Å². The summed E-state index contributed by atoms with van der Waals surface area (Å²) in [6, 6.07) is 12.3. The largest absolute Gasteiger partial charge is 0.366 e. The number of anilines is 2. The molecule has 1 aromatic carbocycles. The zero-order valence-electron chi connectivity index (χ0n) is 12.6. The predicted molar refractivity (Wildman–Crippen MR) is 87.9 cm³/mol. The Morgan fingerprint density at radius 2 is 1.95 bits per heavy atom. The molecule has 0 radical (unpaired) electrons. The first-order valence-corrected chi connectivity index (χ1v) is 7.52. The Bertz CT molecular complexity index is 633. The highest BCUT2D eigenvalue weighted by Crippen LogP contribution is 2.19. The molecule has 0 saturated heterocycles. The average molecular weight is 296 g/mol. The molecule has 1 heterocycles. The van der Waals surface area contributed by atoms with Crippen LogP contribution in [0.25, 0.3) is 0 Å². The van der Waals surface area contributed by atoms with Crippen molar-refractivity contribution < 1.29 is 4.79 Å². The molecule has 1 fully saturated rings. The smallest absolute Gasteiger partial charge is 0.319 e. The Labute approximate surface area is 130 Å². The first-order valence-electron chi connectivity index (χ1n) is 7.52. The first kappa shape index (κ1) is 14.4. The third kappa shape index (κ3) is 4.22. The van der Waals surface area contributed by atoms with Gasteiger partial charge in [0.2, 0.25) is 0 Å². The summed E-state index contributed by atoms with van der Waals surface area (Å²) in [4.78, 5) is 15.9. The highest BCUT2D eigenvalue weighted by molar-refractivity contribution is 5.89. The molecule has 1 aromatic heterocycles. The first-order chi connectivity index (χ1) is 10.7. The van der Waals surface area contributed by atoms with Crippen molar-refractivity contribution in [2.24, 2.45) is 0 Å². The Balaban J connectivity index is 1.50. The van der Waals surface area contributed by atoms with Crippen LogP contribution in [0.2, 0.25) is 0 Å². The molecule has 5 heteroatoms. The number of hydrogen-bond acceptors (Lipinski definition) is 3. The van der Waals surface area contributed by atoms with Crippen LogP contribution in [0.4, 0.5) is 16.3 Å². The van der Waals surface area contributed by atoms with Crippen molar-refractivity contribution >= 4 is 17.5 Å². The van der Waals surface area contributed by atoms with E-state index in [1.54, 1.807) is 6.20 Å². The molecule has 0 spiro atoms. The van der Waals surface area contributed by atoms with Crippen LogP contribution >= 0.6 is 0 Å². The summed E-state index contributed by atoms with van der Waals surface area (Å²) in [5.41, 5.74) is 3.15. The van der Waals surface area contributed by atoms with Crippen molar-refractivity contribution in [3.05, 3.63) is 53.7 Å². The molecule has 0 unspecified atom stereocenters. The van der Waals surface area contributed by atoms with E-state index in [2.05, 4.69) is 52.1 Å². The summed E-state index contributed by atoms with van der Waals surface area (Å²) in [6.45, 7) is 2.80. The SMILES string of the molecule is Cc1ccc(CNc2ccc(NC(=O)NC3CC3)cn2)cc1. The normalized spacial score (nSPS) is 13.5. The molecule has 114 valence electrons. The molecule has 2 aromatic rings. The van der Waals surface area contributed by atoms with E-state index in [1.807, 2.05) is 12.1 Å². The van der Waals surface area contributed by atoms with E-state index >= 15 is 0 Å². The minimum absolute atomic E-state index is 0.162. The molecule has 3 N–H and O–H groups in total. The molecule has 2 amide bonds. The second kappa shape index (κ2) is 6.47. The zero-order valence-corrected chi connectivity index (χ0v) is 12.6. The predicted octanol–water partition coefficient (Wildman–Crippen LogP) is 3.29. The van der Waals surface area contributed by atoms with Crippen LogP contribution in [0.1, 0.15) is 24.0 Å². The lowest BCUT2D eigenvalue weighted by molar-refractivity contribution is 0.251. The number of nitrogens with zero attached hydrogens (tertiary/aromatic N) is 1. The number of benzene rings is 1. The molecular formula is C17H20N4O. The molecule has 1 aliphatic rings. The van der Waals surface area contributed by atoms with Gasteiger partial charge < -0.3 is 16.0 Å². The number of aryl methyl sites for hydroxylation is 1. The number of amides is 2. The summed E-state index contributed by atoms with van der Waals surface area (Å²) >= 11 is 0. The second-order valence-corrected chi connectivity index (χ2v) is 5.64. The van der Waals surface area contributed by atoms with Gasteiger partial charge in [-0.25, -0.2) is 9.78 Å². The van der Waals surface area contributed by atoms with Crippen LogP contribution in [-0.2, 0) is 6.54 Å². The fraction of sp³-hybridized carbons (Fsp3) is 0.294. The Hall–Kier alpha value is -2.56. The third-order valence-corrected chi connectivity index (χ3v) is 3.53. The Morgan fingerprint density at radius 3 is 2.59 bits per heavy atom. The van der Waals surface area contributed by atoms with E-state index in [9.17, 15) is 4.79 Å². The monoisotopic (exact) mass is 296 g/mol. The van der Waals surface area contributed by atoms with E-state index in [0.717, 1.165) is 25.2 Å². The molecule has 22 heavy (non-hydrogen) atoms. The van der Waals surface area contributed by atoms with Gasteiger partial charge in [0.1, 0.15) is 5.82 Å². The molecule has 1 saturated carbocycles. The van der Waals surface area contributed by atoms with Gasteiger partial charge in [-0.1, -0.05) is 29.8 Å². The van der Waals surface area contributed by atoms with Crippen molar-refractivity contribution in [2.75, 3.05) is 10.6 Å². The maximum absolute atomic E-state index is 11.6. The summed E-state index contributed by atoms with van der Waals surface area (Å²) in [5.74, 6) is 0.786. The zero-order chi connectivity index (χ0) is 15.4. The minimum Gasteiger partial charge on any atom is -0.366 e. The van der Waals surface area contributed by atoms with Crippen molar-refractivity contribution in [1.29, 1.82) is 0 Å². The lowest BCUT2D eigenvalue weighted by Crippen LogP contribution is -2.30. The maximum Gasteiger partial charge on any atom is 0.319 e. The summed E-state index contributed by atoms with van der Waals surface area (Å²) in [7, 11) is 0. The minimum atomic E-state index is -0.162. The molecule has 0 atom stereocenters. The average Bonchev–Trinajstić information content (AvgIpc) is 3.32. The van der Waals surface area contributed by atoms with Gasteiger partial charge in [0.05, 0.1) is 11.9 Å². The van der Waals surface area contributed by atoms with E-state index < -0.39 is 0 Å². The van der Waals surface area contributed by atoms with E-state index in [-0.39, 0.29) is 6.03 Å². The lowest BCUT2D eigenvalue weighted by atomic mass is 10.1. The number of rotatable bonds is 5. The second-order valence-electron chi connectivity index (χ2n) is 5.64. The number of hydrogen-bond donors (Lipinski definition) is 3. The number of pyridine rings is 1. The number of carbonyl (C=O) groups excluding carboxylic acids is 1. The molecule has 0 aliphatic heterocycles. The van der Waals surface area contributed by atoms with Gasteiger partial charge in [-0.15, -0.1) is 0 Å². The van der Waals surface area contributed by atoms with Crippen molar-refractivity contribution in [2.45, 2.75) is 32.4 Å². The van der Waals surface area contributed by atoms with Gasteiger partial charge in [0.25, 0.3) is 0 Å². The van der Waals surface area contributed by atoms with Gasteiger partial charge >= 0.3 is 6.03 Å². The summed E-state index contributed by atoms with van der Waals surface area (Å²) in [6.07, 6.45) is 3.81. The molecule has 5 nitrogen and oxygen atoms in total. The summed E-state index contributed by atoms with van der Waals surface area (Å²) < 4.78 is 0. The molecule has 1 aliphatic carbocycles. The molecule has 3 rings (SSSR count). The highest BCUT2D eigenvalue weighted by Gasteiger charge is 2.23. The number of urea groups is 1. The van der Waals surface area contributed by atoms with Crippen LogP contribution < -0.4 is 16.0 Å². The molecule has 0 bridgehead atoms. The van der Waals surface area contributed by atoms with Crippen LogP contribution in [0.5, 0.6) is 0 Å². The van der Waals surface area contributed by atoms with Crippen molar-refractivity contribution in [1.82, 2.24) is 10.3 Å². The molecular weight excluding hydrogens is 276 g/mol. The number of aromatic nitrogens is 1. The fourth-order valence-corrected chi connectivity index (χ4v) is 2.05. The van der Waals surface area contributed by atoms with E-state index in [1.165, 1.54) is 11.1 Å². The van der Waals surface area contributed by atoms with Crippen LogP contribution in [0.15, 0.2) is 42.6 Å². The van der Waals surface area contributed by atoms with E-state index in [4.69, 9.17) is 0 Å². The summed E-state index contributed by atoms with van der Waals surface area (Å²) in [5, 5.41) is 8.92. The lowest BCUT2D eigenvalue weighted by Gasteiger charge is -2.08. The standard InChI is InChI=1S/C17H20N4O/c1-12-2-4-13(5-3-12)10-18-16-9-8-15(11-19-16)21-17(22)20-14-6-7-14/h2-5,8-9,11,14H,6-7,10H2,1H3,(H,18,19)(H2,20,21,22). The number of carbonyl (C=O) groups is 1. The Morgan fingerprint density at radius 1 is 1.18 bits per heavy atom. The van der Waals surface area contributed by atoms with Gasteiger partial charge in [0.15, 0.2) is 0 Å². The number of nitrogens with one attached hydrogen (secondary N) is 3. The highest BCUT2D eigenvalue weighted by atomic mass is 16.2. The topological polar surface area (TPSA) is 66.0 Å². The van der Waals surface area contributed by atoms with Crippen LogP contribution in [0.3, 0.4) is 0 Å². The van der Waals surface area contributed by atoms with Gasteiger partial charge in [-0.3, -0.25) is 0 Å². The fourth-order valence-electron chi connectivity index (χ4n) is 2.05. The van der Waals surface area contributed by atoms with E-state index in [0.29, 0.717) is 11.7 Å². The Kier molecular flexibility index (Phi) is 4.23. The van der Waals surface area contributed by atoms with Gasteiger partial charge in [0, 0.05) is 12.6 Å². The quantitative estimate of drug-likeness (QED) is 0.793. The third-order valence-electron chi connectivity index (χ3n) is 3.53. The maximum atomic E-state index is 11.6. The van der Waals surface area contributed by atoms with Gasteiger partial charge in [-0.05, 0) is 37.5 Å². The van der Waals surface area contributed by atoms with Crippen LogP contribution in [-0.4, -0.2) is 17.1 Å². The van der Waals surface area contributed by atoms with Crippen molar-refractivity contribution in [3.8, 4) is 0 Å². The van der Waals surface area contributed by atoms with Crippen molar-refractivity contribution in [3.63, 3.8) is 0 Å².